The molecule has 1 fully saturated rings. The minimum absolute atomic E-state index is 0.461. The number of carbonyl (C=O) groups is 2. The lowest BCUT2D eigenvalue weighted by molar-refractivity contribution is -0.280. The molecule has 0 aromatic carbocycles. The first-order valence-electron chi connectivity index (χ1n) is 5.00. The van der Waals surface area contributed by atoms with E-state index in [0.717, 1.165) is 0 Å². The van der Waals surface area contributed by atoms with Crippen molar-refractivity contribution in [3.05, 3.63) is 0 Å². The summed E-state index contributed by atoms with van der Waals surface area (Å²) in [4.78, 5) is 21.6. The second-order valence-corrected chi connectivity index (χ2v) is 3.93. The molecule has 0 aromatic heterocycles. The summed E-state index contributed by atoms with van der Waals surface area (Å²) in [5.41, 5.74) is 0. The van der Waals surface area contributed by atoms with Gasteiger partial charge in [0.1, 0.15) is 6.10 Å². The zero-order valence-electron chi connectivity index (χ0n) is 9.16. The van der Waals surface area contributed by atoms with Crippen LogP contribution in [-0.4, -0.2) is 62.9 Å². The van der Waals surface area contributed by atoms with Gasteiger partial charge < -0.3 is 30.5 Å². The Labute approximate surface area is 96.8 Å². The molecule has 1 aliphatic rings. The summed E-state index contributed by atoms with van der Waals surface area (Å²) in [5, 5.41) is 39.3. The smallest absolute Gasteiger partial charge is 0.364 e. The highest BCUT2D eigenvalue weighted by Gasteiger charge is 2.50. The van der Waals surface area contributed by atoms with Gasteiger partial charge in [0.25, 0.3) is 5.79 Å². The van der Waals surface area contributed by atoms with Crippen molar-refractivity contribution in [2.45, 2.75) is 37.4 Å². The van der Waals surface area contributed by atoms with Crippen LogP contribution in [0.1, 0.15) is 13.3 Å². The molecule has 4 atom stereocenters. The molecular weight excluding hydrogens is 234 g/mol. The highest BCUT2D eigenvalue weighted by Crippen LogP contribution is 2.27. The third-order valence-corrected chi connectivity index (χ3v) is 2.53. The van der Waals surface area contributed by atoms with Crippen molar-refractivity contribution in [3.8, 4) is 0 Å². The summed E-state index contributed by atoms with van der Waals surface area (Å²) >= 11 is 0. The summed E-state index contributed by atoms with van der Waals surface area (Å²) < 4.78 is 4.80. The van der Waals surface area contributed by atoms with Crippen LogP contribution in [0.4, 0.5) is 0 Å². The predicted molar refractivity (Wildman–Crippen MR) is 52.8 cm³/mol. The lowest BCUT2D eigenvalue weighted by atomic mass is 9.93. The third-order valence-electron chi connectivity index (χ3n) is 2.53. The quantitative estimate of drug-likeness (QED) is 0.370. The largest absolute Gasteiger partial charge is 0.477 e. The molecule has 0 saturated carbocycles. The number of ether oxygens (including phenoxy) is 1. The first-order valence-corrected chi connectivity index (χ1v) is 5.00. The summed E-state index contributed by atoms with van der Waals surface area (Å²) in [5.74, 6) is -4.67. The van der Waals surface area contributed by atoms with Gasteiger partial charge in [-0.2, -0.15) is 0 Å². The fraction of sp³-hybridized carbons (Fsp3) is 0.778. The minimum Gasteiger partial charge on any atom is -0.477 e. The zero-order chi connectivity index (χ0) is 13.2. The van der Waals surface area contributed by atoms with Crippen LogP contribution < -0.4 is 5.32 Å². The third kappa shape index (κ3) is 2.91. The molecule has 17 heavy (non-hydrogen) atoms. The molecule has 1 saturated heterocycles. The number of hydrogen-bond acceptors (Lipinski definition) is 6. The Morgan fingerprint density at radius 3 is 2.53 bits per heavy atom. The topological polar surface area (TPSA) is 136 Å². The average molecular weight is 249 g/mol. The second-order valence-electron chi connectivity index (χ2n) is 3.93. The van der Waals surface area contributed by atoms with E-state index in [2.05, 4.69) is 5.32 Å². The van der Waals surface area contributed by atoms with E-state index in [-0.39, 0.29) is 0 Å². The van der Waals surface area contributed by atoms with E-state index in [4.69, 9.17) is 14.9 Å². The van der Waals surface area contributed by atoms with Crippen molar-refractivity contribution in [1.82, 2.24) is 5.32 Å². The van der Waals surface area contributed by atoms with Gasteiger partial charge in [0, 0.05) is 13.3 Å². The number of rotatable bonds is 3. The maximum absolute atomic E-state index is 10.9. The molecule has 0 aromatic rings. The van der Waals surface area contributed by atoms with E-state index in [1.54, 1.807) is 0 Å². The van der Waals surface area contributed by atoms with Crippen LogP contribution in [0.25, 0.3) is 0 Å². The number of amides is 1. The van der Waals surface area contributed by atoms with Gasteiger partial charge in [0.05, 0.1) is 18.8 Å². The Morgan fingerprint density at radius 1 is 1.53 bits per heavy atom. The molecule has 8 nitrogen and oxygen atoms in total. The van der Waals surface area contributed by atoms with Crippen molar-refractivity contribution in [1.29, 1.82) is 0 Å². The number of aliphatic carboxylic acids is 1. The Morgan fingerprint density at radius 2 is 2.12 bits per heavy atom. The van der Waals surface area contributed by atoms with E-state index in [1.807, 2.05) is 0 Å². The molecule has 8 heteroatoms. The van der Waals surface area contributed by atoms with Crippen molar-refractivity contribution in [3.63, 3.8) is 0 Å². The highest BCUT2D eigenvalue weighted by molar-refractivity contribution is 5.76. The molecule has 5 N–H and O–H groups in total. The van der Waals surface area contributed by atoms with Gasteiger partial charge in [-0.1, -0.05) is 0 Å². The van der Waals surface area contributed by atoms with Gasteiger partial charge in [-0.05, 0) is 0 Å². The van der Waals surface area contributed by atoms with Gasteiger partial charge in [-0.15, -0.1) is 0 Å². The van der Waals surface area contributed by atoms with Crippen LogP contribution in [0.2, 0.25) is 0 Å². The molecule has 0 bridgehead atoms. The minimum atomic E-state index is -2.55. The van der Waals surface area contributed by atoms with Crippen LogP contribution in [0, 0.1) is 0 Å². The van der Waals surface area contributed by atoms with E-state index in [9.17, 15) is 19.8 Å². The molecule has 4 unspecified atom stereocenters. The first kappa shape index (κ1) is 13.8. The van der Waals surface area contributed by atoms with E-state index >= 15 is 0 Å². The van der Waals surface area contributed by atoms with Crippen LogP contribution in [0.3, 0.4) is 0 Å². The van der Waals surface area contributed by atoms with Crippen LogP contribution >= 0.6 is 0 Å². The summed E-state index contributed by atoms with van der Waals surface area (Å²) in [6, 6.07) is -0.961. The number of hydrogen-bond donors (Lipinski definition) is 5. The normalized spacial score (nSPS) is 37.5. The second kappa shape index (κ2) is 4.96. The lowest BCUT2D eigenvalue weighted by Gasteiger charge is -2.41. The number of carboxylic acids is 1. The van der Waals surface area contributed by atoms with Gasteiger partial charge in [-0.25, -0.2) is 4.79 Å². The van der Waals surface area contributed by atoms with Crippen LogP contribution in [-0.2, 0) is 14.3 Å². The van der Waals surface area contributed by atoms with E-state index in [0.29, 0.717) is 0 Å². The molecule has 1 amide bonds. The Hall–Kier alpha value is -1.22. The summed E-state index contributed by atoms with van der Waals surface area (Å²) in [7, 11) is 0. The SMILES string of the molecule is CC(=O)NC1C(O)CC(O)(C(=O)O)OC1CO. The summed E-state index contributed by atoms with van der Waals surface area (Å²) in [6.07, 6.45) is -3.11. The Bertz CT molecular complexity index is 320. The molecular formula is C9H15NO7. The Balaban J connectivity index is 2.86. The molecule has 0 aliphatic carbocycles. The van der Waals surface area contributed by atoms with Gasteiger partial charge >= 0.3 is 5.97 Å². The number of carbonyl (C=O) groups excluding carboxylic acids is 1. The molecule has 1 heterocycles. The molecule has 0 spiro atoms. The maximum atomic E-state index is 10.9. The van der Waals surface area contributed by atoms with Crippen molar-refractivity contribution < 1.29 is 34.8 Å². The number of aliphatic hydroxyl groups is 3. The van der Waals surface area contributed by atoms with Gasteiger partial charge in [0.15, 0.2) is 0 Å². The number of nitrogens with one attached hydrogen (secondary N) is 1. The van der Waals surface area contributed by atoms with Crippen molar-refractivity contribution in [2.75, 3.05) is 6.61 Å². The fourth-order valence-corrected chi connectivity index (χ4v) is 1.74. The lowest BCUT2D eigenvalue weighted by Crippen LogP contribution is -2.63. The molecule has 0 radical (unpaired) electrons. The molecule has 98 valence electrons. The standard InChI is InChI=1S/C9H15NO7/c1-4(12)10-7-5(13)2-9(16,8(14)15)17-6(7)3-11/h5-7,11,13,16H,2-3H2,1H3,(H,10,12)(H,14,15). The monoisotopic (exact) mass is 249 g/mol. The zero-order valence-corrected chi connectivity index (χ0v) is 9.16. The highest BCUT2D eigenvalue weighted by atomic mass is 16.7. The van der Waals surface area contributed by atoms with Gasteiger partial charge in [0.2, 0.25) is 5.91 Å². The van der Waals surface area contributed by atoms with Crippen molar-refractivity contribution >= 4 is 11.9 Å². The van der Waals surface area contributed by atoms with E-state index < -0.39 is 48.9 Å². The van der Waals surface area contributed by atoms with Crippen LogP contribution in [0.5, 0.6) is 0 Å². The van der Waals surface area contributed by atoms with Crippen LogP contribution in [0.15, 0.2) is 0 Å². The summed E-state index contributed by atoms with van der Waals surface area (Å²) in [6.45, 7) is 0.566. The Kier molecular flexibility index (Phi) is 4.04. The predicted octanol–water partition coefficient (Wildman–Crippen LogP) is -2.59. The van der Waals surface area contributed by atoms with Crippen molar-refractivity contribution in [2.24, 2.45) is 0 Å². The average Bonchev–Trinajstić information content (AvgIpc) is 2.21. The fourth-order valence-electron chi connectivity index (χ4n) is 1.74. The maximum Gasteiger partial charge on any atom is 0.364 e. The number of aliphatic hydroxyl groups excluding tert-OH is 2. The molecule has 1 rings (SSSR count). The molecule has 1 aliphatic heterocycles. The first-order chi connectivity index (χ1) is 7.80. The number of carboxylic acid groups (broad SMARTS) is 1. The van der Waals surface area contributed by atoms with E-state index in [1.165, 1.54) is 6.92 Å². The van der Waals surface area contributed by atoms with Gasteiger partial charge in [-0.3, -0.25) is 4.79 Å².